The van der Waals surface area contributed by atoms with Crippen molar-refractivity contribution in [2.45, 2.75) is 42.3 Å². The first-order chi connectivity index (χ1) is 15.2. The van der Waals surface area contributed by atoms with E-state index in [-0.39, 0.29) is 5.97 Å². The van der Waals surface area contributed by atoms with Crippen LogP contribution in [-0.4, -0.2) is 67.0 Å². The SMILES string of the molecule is CCOC(=O)CN1CCC(NCc2ccc3c(c2)N(COC)c2nccnc2S3)CC1. The molecule has 0 spiro atoms. The zero-order valence-electron chi connectivity index (χ0n) is 18.0. The van der Waals surface area contributed by atoms with Crippen molar-refractivity contribution < 1.29 is 14.3 Å². The highest BCUT2D eigenvalue weighted by atomic mass is 32.2. The number of nitrogens with zero attached hydrogens (tertiary/aromatic N) is 4. The average Bonchev–Trinajstić information content (AvgIpc) is 2.79. The van der Waals surface area contributed by atoms with Gasteiger partial charge in [0, 0.05) is 50.1 Å². The molecule has 9 heteroatoms. The molecule has 2 aliphatic rings. The normalized spacial score (nSPS) is 16.6. The van der Waals surface area contributed by atoms with Gasteiger partial charge in [-0.3, -0.25) is 14.6 Å². The summed E-state index contributed by atoms with van der Waals surface area (Å²) in [4.78, 5) is 26.0. The highest BCUT2D eigenvalue weighted by Crippen LogP contribution is 2.46. The molecule has 0 atom stereocenters. The van der Waals surface area contributed by atoms with E-state index in [1.807, 2.05) is 6.92 Å². The Balaban J connectivity index is 1.35. The molecule has 0 unspecified atom stereocenters. The third-order valence-corrected chi connectivity index (χ3v) is 6.57. The minimum Gasteiger partial charge on any atom is -0.465 e. The van der Waals surface area contributed by atoms with Crippen LogP contribution >= 0.6 is 11.8 Å². The lowest BCUT2D eigenvalue weighted by Gasteiger charge is -2.32. The second-order valence-corrected chi connectivity index (χ2v) is 8.70. The van der Waals surface area contributed by atoms with Crippen LogP contribution in [-0.2, 0) is 20.8 Å². The van der Waals surface area contributed by atoms with Crippen molar-refractivity contribution in [3.8, 4) is 0 Å². The Morgan fingerprint density at radius 2 is 2.06 bits per heavy atom. The zero-order valence-corrected chi connectivity index (χ0v) is 18.9. The molecule has 31 heavy (non-hydrogen) atoms. The molecule has 3 heterocycles. The molecular formula is C22H29N5O3S. The lowest BCUT2D eigenvalue weighted by Crippen LogP contribution is -2.44. The van der Waals surface area contributed by atoms with Gasteiger partial charge in [0.05, 0.1) is 18.8 Å². The largest absolute Gasteiger partial charge is 0.465 e. The third kappa shape index (κ3) is 5.35. The number of carbonyl (C=O) groups excluding carboxylic acids is 1. The highest BCUT2D eigenvalue weighted by Gasteiger charge is 2.26. The molecule has 0 saturated carbocycles. The van der Waals surface area contributed by atoms with Crippen LogP contribution in [0, 0.1) is 0 Å². The highest BCUT2D eigenvalue weighted by molar-refractivity contribution is 7.99. The second-order valence-electron chi connectivity index (χ2n) is 7.67. The molecule has 1 N–H and O–H groups in total. The van der Waals surface area contributed by atoms with Gasteiger partial charge in [-0.2, -0.15) is 0 Å². The van der Waals surface area contributed by atoms with Crippen molar-refractivity contribution in [2.24, 2.45) is 0 Å². The molecule has 1 aromatic heterocycles. The van der Waals surface area contributed by atoms with Crippen molar-refractivity contribution in [1.29, 1.82) is 0 Å². The van der Waals surface area contributed by atoms with E-state index in [0.717, 1.165) is 53.9 Å². The number of benzene rings is 1. The Bertz CT molecular complexity index is 904. The number of fused-ring (bicyclic) bond motifs is 2. The number of nitrogens with one attached hydrogen (secondary N) is 1. The fraction of sp³-hybridized carbons (Fsp3) is 0.500. The van der Waals surface area contributed by atoms with Crippen LogP contribution < -0.4 is 10.2 Å². The summed E-state index contributed by atoms with van der Waals surface area (Å²) < 4.78 is 10.5. The topological polar surface area (TPSA) is 79.8 Å². The number of methoxy groups -OCH3 is 1. The number of rotatable bonds is 8. The first-order valence-corrected chi connectivity index (χ1v) is 11.5. The quantitative estimate of drug-likeness (QED) is 0.620. The number of hydrogen-bond donors (Lipinski definition) is 1. The maximum Gasteiger partial charge on any atom is 0.320 e. The smallest absolute Gasteiger partial charge is 0.320 e. The van der Waals surface area contributed by atoms with Crippen LogP contribution in [0.15, 0.2) is 40.5 Å². The van der Waals surface area contributed by atoms with Crippen LogP contribution in [0.3, 0.4) is 0 Å². The molecule has 166 valence electrons. The van der Waals surface area contributed by atoms with E-state index >= 15 is 0 Å². The molecule has 0 bridgehead atoms. The number of piperidine rings is 1. The van der Waals surface area contributed by atoms with Gasteiger partial charge in [0.15, 0.2) is 5.82 Å². The van der Waals surface area contributed by atoms with Crippen LogP contribution in [0.2, 0.25) is 0 Å². The standard InChI is InChI=1S/C22H29N5O3S/c1-3-30-20(28)14-26-10-6-17(7-11-26)25-13-16-4-5-19-18(12-16)27(15-29-2)21-22(31-19)24-9-8-23-21/h4-5,8-9,12,17,25H,3,6-7,10-11,13-15H2,1-2H3. The minimum absolute atomic E-state index is 0.132. The molecule has 2 aliphatic heterocycles. The predicted molar refractivity (Wildman–Crippen MR) is 120 cm³/mol. The lowest BCUT2D eigenvalue weighted by molar-refractivity contribution is -0.144. The van der Waals surface area contributed by atoms with Crippen LogP contribution in [0.1, 0.15) is 25.3 Å². The van der Waals surface area contributed by atoms with Gasteiger partial charge in [0.25, 0.3) is 0 Å². The molecule has 0 aliphatic carbocycles. The second kappa shape index (κ2) is 10.4. The summed E-state index contributed by atoms with van der Waals surface area (Å²) in [6.45, 7) is 5.72. The molecule has 2 aromatic rings. The number of aromatic nitrogens is 2. The summed E-state index contributed by atoms with van der Waals surface area (Å²) in [6.07, 6.45) is 5.49. The summed E-state index contributed by atoms with van der Waals surface area (Å²) in [5, 5.41) is 4.58. The van der Waals surface area contributed by atoms with Crippen molar-refractivity contribution in [3.05, 3.63) is 36.2 Å². The third-order valence-electron chi connectivity index (χ3n) is 5.52. The van der Waals surface area contributed by atoms with Crippen molar-refractivity contribution in [1.82, 2.24) is 20.2 Å². The van der Waals surface area contributed by atoms with Gasteiger partial charge in [-0.15, -0.1) is 0 Å². The van der Waals surface area contributed by atoms with Gasteiger partial charge in [0.2, 0.25) is 0 Å². The van der Waals surface area contributed by atoms with Gasteiger partial charge in [-0.1, -0.05) is 17.8 Å². The van der Waals surface area contributed by atoms with Crippen LogP contribution in [0.25, 0.3) is 0 Å². The first kappa shape index (κ1) is 22.0. The molecule has 0 radical (unpaired) electrons. The summed E-state index contributed by atoms with van der Waals surface area (Å²) in [6, 6.07) is 6.98. The maximum atomic E-state index is 11.7. The zero-order chi connectivity index (χ0) is 21.6. The molecule has 4 rings (SSSR count). The number of carbonyl (C=O) groups is 1. The summed E-state index contributed by atoms with van der Waals surface area (Å²) in [7, 11) is 1.69. The van der Waals surface area contributed by atoms with E-state index in [1.54, 1.807) is 31.3 Å². The van der Waals surface area contributed by atoms with E-state index < -0.39 is 0 Å². The van der Waals surface area contributed by atoms with Crippen LogP contribution in [0.5, 0.6) is 0 Å². The number of ether oxygens (including phenoxy) is 2. The van der Waals surface area contributed by atoms with Crippen molar-refractivity contribution in [2.75, 3.05) is 45.0 Å². The van der Waals surface area contributed by atoms with E-state index in [1.165, 1.54) is 5.56 Å². The number of anilines is 2. The van der Waals surface area contributed by atoms with E-state index in [9.17, 15) is 4.79 Å². The van der Waals surface area contributed by atoms with Crippen molar-refractivity contribution >= 4 is 29.2 Å². The fourth-order valence-electron chi connectivity index (χ4n) is 3.97. The van der Waals surface area contributed by atoms with E-state index in [0.29, 0.717) is 25.9 Å². The minimum atomic E-state index is -0.132. The molecule has 0 amide bonds. The van der Waals surface area contributed by atoms with E-state index in [4.69, 9.17) is 9.47 Å². The number of likely N-dealkylation sites (tertiary alicyclic amines) is 1. The molecular weight excluding hydrogens is 414 g/mol. The average molecular weight is 444 g/mol. The summed E-state index contributed by atoms with van der Waals surface area (Å²) >= 11 is 1.64. The van der Waals surface area contributed by atoms with Gasteiger partial charge in [-0.25, -0.2) is 9.97 Å². The fourth-order valence-corrected chi connectivity index (χ4v) is 4.96. The van der Waals surface area contributed by atoms with Gasteiger partial charge in [0.1, 0.15) is 11.8 Å². The molecule has 8 nitrogen and oxygen atoms in total. The van der Waals surface area contributed by atoms with Crippen molar-refractivity contribution in [3.63, 3.8) is 0 Å². The monoisotopic (exact) mass is 443 g/mol. The molecule has 1 saturated heterocycles. The molecule has 1 fully saturated rings. The van der Waals surface area contributed by atoms with Gasteiger partial charge >= 0.3 is 5.97 Å². The predicted octanol–water partition coefficient (Wildman–Crippen LogP) is 2.80. The Morgan fingerprint density at radius 1 is 1.26 bits per heavy atom. The number of esters is 1. The number of hydrogen-bond acceptors (Lipinski definition) is 9. The van der Waals surface area contributed by atoms with E-state index in [2.05, 4.69) is 43.3 Å². The summed E-state index contributed by atoms with van der Waals surface area (Å²) in [5.74, 6) is 0.702. The molecule has 1 aromatic carbocycles. The maximum absolute atomic E-state index is 11.7. The Morgan fingerprint density at radius 3 is 2.84 bits per heavy atom. The Labute approximate surface area is 187 Å². The first-order valence-electron chi connectivity index (χ1n) is 10.7. The Hall–Kier alpha value is -2.20. The van der Waals surface area contributed by atoms with Crippen LogP contribution in [0.4, 0.5) is 11.5 Å². The van der Waals surface area contributed by atoms with Gasteiger partial charge in [-0.05, 0) is 37.5 Å². The Kier molecular flexibility index (Phi) is 7.39. The summed E-state index contributed by atoms with van der Waals surface area (Å²) in [5.41, 5.74) is 2.32. The lowest BCUT2D eigenvalue weighted by atomic mass is 10.0. The van der Waals surface area contributed by atoms with Gasteiger partial charge < -0.3 is 14.8 Å².